The van der Waals surface area contributed by atoms with Crippen molar-refractivity contribution in [3.63, 3.8) is 0 Å². The van der Waals surface area contributed by atoms with E-state index in [4.69, 9.17) is 21.5 Å². The number of rotatable bonds is 5. The molecule has 1 aliphatic carbocycles. The molecule has 0 bridgehead atoms. The number of aromatic nitrogens is 5. The van der Waals surface area contributed by atoms with Gasteiger partial charge in [-0.1, -0.05) is 22.9 Å². The highest BCUT2D eigenvalue weighted by Crippen LogP contribution is 2.31. The highest BCUT2D eigenvalue weighted by atomic mass is 35.5. The Morgan fingerprint density at radius 1 is 1.31 bits per heavy atom. The van der Waals surface area contributed by atoms with Gasteiger partial charge < -0.3 is 15.4 Å². The molecule has 0 fully saturated rings. The van der Waals surface area contributed by atoms with E-state index in [-0.39, 0.29) is 0 Å². The molecule has 0 amide bonds. The normalized spacial score (nSPS) is 15.4. The second-order valence-corrected chi connectivity index (χ2v) is 8.60. The molecule has 3 N–H and O–H groups in total. The van der Waals surface area contributed by atoms with Crippen LogP contribution in [0.1, 0.15) is 28.9 Å². The lowest BCUT2D eigenvalue weighted by atomic mass is 9.91. The molecule has 0 radical (unpaired) electrons. The molecule has 0 saturated carbocycles. The summed E-state index contributed by atoms with van der Waals surface area (Å²) in [6.45, 7) is 1.40. The lowest BCUT2D eigenvalue weighted by molar-refractivity contribution is -0.192. The van der Waals surface area contributed by atoms with Gasteiger partial charge in [0.2, 0.25) is 0 Å². The summed E-state index contributed by atoms with van der Waals surface area (Å²) < 4.78 is 33.6. The van der Waals surface area contributed by atoms with Crippen LogP contribution in [0.15, 0.2) is 48.9 Å². The lowest BCUT2D eigenvalue weighted by Gasteiger charge is -2.23. The summed E-state index contributed by atoms with van der Waals surface area (Å²) in [7, 11) is 0. The van der Waals surface area contributed by atoms with Gasteiger partial charge in [-0.3, -0.25) is 4.98 Å². The average Bonchev–Trinajstić information content (AvgIpc) is 3.42. The van der Waals surface area contributed by atoms with Gasteiger partial charge in [0.1, 0.15) is 0 Å². The number of alkyl halides is 3. The molecular formula is C23H22ClF3N6O2. The van der Waals surface area contributed by atoms with Crippen molar-refractivity contribution in [2.24, 2.45) is 0 Å². The molecule has 0 aliphatic heterocycles. The Hall–Kier alpha value is -3.44. The van der Waals surface area contributed by atoms with Gasteiger partial charge in [-0.15, -0.1) is 5.10 Å². The van der Waals surface area contributed by atoms with Crippen molar-refractivity contribution in [2.75, 3.05) is 0 Å². The van der Waals surface area contributed by atoms with E-state index >= 15 is 0 Å². The van der Waals surface area contributed by atoms with E-state index < -0.39 is 12.1 Å². The molecule has 4 aromatic rings. The second-order valence-electron chi connectivity index (χ2n) is 8.16. The Morgan fingerprint density at radius 2 is 2.11 bits per heavy atom. The van der Waals surface area contributed by atoms with Crippen LogP contribution in [-0.4, -0.2) is 48.3 Å². The minimum atomic E-state index is -5.08. The molecule has 1 unspecified atom stereocenters. The first-order valence-electron chi connectivity index (χ1n) is 10.8. The van der Waals surface area contributed by atoms with Gasteiger partial charge in [0.05, 0.1) is 18.4 Å². The second kappa shape index (κ2) is 10.4. The lowest BCUT2D eigenvalue weighted by Crippen LogP contribution is -2.34. The fraction of sp³-hybridized carbons (Fsp3) is 0.304. The first-order valence-corrected chi connectivity index (χ1v) is 11.2. The van der Waals surface area contributed by atoms with E-state index in [9.17, 15) is 13.2 Å². The average molecular weight is 507 g/mol. The maximum atomic E-state index is 10.6. The van der Waals surface area contributed by atoms with Crippen LogP contribution in [-0.2, 0) is 30.7 Å². The van der Waals surface area contributed by atoms with Crippen molar-refractivity contribution in [1.82, 2.24) is 30.3 Å². The fourth-order valence-electron chi connectivity index (χ4n) is 3.99. The summed E-state index contributed by atoms with van der Waals surface area (Å²) in [4.78, 5) is 16.6. The van der Waals surface area contributed by atoms with Gasteiger partial charge in [-0.2, -0.15) is 13.2 Å². The van der Waals surface area contributed by atoms with Gasteiger partial charge in [0.15, 0.2) is 0 Å². The van der Waals surface area contributed by atoms with E-state index in [1.807, 2.05) is 35.3 Å². The number of carboxylic acids is 1. The van der Waals surface area contributed by atoms with Crippen molar-refractivity contribution >= 4 is 28.5 Å². The monoisotopic (exact) mass is 506 g/mol. The number of pyridine rings is 1. The fourth-order valence-corrected chi connectivity index (χ4v) is 4.16. The van der Waals surface area contributed by atoms with Gasteiger partial charge in [-0.05, 0) is 54.7 Å². The number of benzene rings is 1. The standard InChI is InChI=1S/C21H21ClN6.C2HF3O2/c22-15-3-5-20-18(8-15)19-9-16(4-6-21(19)25-20)24-11-17-13-28(27-26-17)12-14-2-1-7-23-10-14;3-2(4,5)1(6)7/h1-3,5,7-8,10,13,16,24-25H,4,6,9,11-12H2;(H,6,7). The topological polar surface area (TPSA) is 109 Å². The molecule has 12 heteroatoms. The number of halogens is 4. The molecule has 1 aromatic carbocycles. The number of hydrogen-bond acceptors (Lipinski definition) is 5. The molecule has 5 rings (SSSR count). The summed E-state index contributed by atoms with van der Waals surface area (Å²) >= 11 is 6.21. The molecule has 3 aromatic heterocycles. The zero-order valence-corrected chi connectivity index (χ0v) is 19.1. The largest absolute Gasteiger partial charge is 0.490 e. The molecule has 3 heterocycles. The summed E-state index contributed by atoms with van der Waals surface area (Å²) in [5.41, 5.74) is 5.98. The smallest absolute Gasteiger partial charge is 0.475 e. The van der Waals surface area contributed by atoms with Crippen molar-refractivity contribution in [1.29, 1.82) is 0 Å². The molecule has 35 heavy (non-hydrogen) atoms. The number of hydrogen-bond donors (Lipinski definition) is 3. The Balaban J connectivity index is 0.000000364. The predicted molar refractivity (Wildman–Crippen MR) is 123 cm³/mol. The Morgan fingerprint density at radius 3 is 2.83 bits per heavy atom. The highest BCUT2D eigenvalue weighted by molar-refractivity contribution is 6.31. The van der Waals surface area contributed by atoms with Crippen molar-refractivity contribution < 1.29 is 23.1 Å². The van der Waals surface area contributed by atoms with E-state index in [0.29, 0.717) is 12.6 Å². The van der Waals surface area contributed by atoms with E-state index in [0.717, 1.165) is 42.1 Å². The number of nitrogens with one attached hydrogen (secondary N) is 2. The van der Waals surface area contributed by atoms with Crippen LogP contribution in [0.2, 0.25) is 5.02 Å². The minimum absolute atomic E-state index is 0.425. The van der Waals surface area contributed by atoms with Crippen LogP contribution in [0.5, 0.6) is 0 Å². The molecule has 1 aliphatic rings. The van der Waals surface area contributed by atoms with Crippen LogP contribution in [0.4, 0.5) is 13.2 Å². The third-order valence-electron chi connectivity index (χ3n) is 5.62. The van der Waals surface area contributed by atoms with Crippen LogP contribution in [0.25, 0.3) is 10.9 Å². The molecular weight excluding hydrogens is 485 g/mol. The molecule has 1 atom stereocenters. The number of nitrogens with zero attached hydrogens (tertiary/aromatic N) is 4. The van der Waals surface area contributed by atoms with Crippen molar-refractivity contribution in [3.05, 3.63) is 76.5 Å². The number of aryl methyl sites for hydroxylation is 1. The van der Waals surface area contributed by atoms with Gasteiger partial charge in [0, 0.05) is 46.6 Å². The predicted octanol–water partition coefficient (Wildman–Crippen LogP) is 4.14. The van der Waals surface area contributed by atoms with Crippen LogP contribution in [0, 0.1) is 0 Å². The van der Waals surface area contributed by atoms with Gasteiger partial charge in [-0.25, -0.2) is 9.48 Å². The Kier molecular flexibility index (Phi) is 7.37. The van der Waals surface area contributed by atoms with Crippen molar-refractivity contribution in [3.8, 4) is 0 Å². The maximum Gasteiger partial charge on any atom is 0.490 e. The van der Waals surface area contributed by atoms with E-state index in [1.165, 1.54) is 22.2 Å². The molecule has 0 saturated heterocycles. The quantitative estimate of drug-likeness (QED) is 0.375. The first kappa shape index (κ1) is 24.7. The molecule has 8 nitrogen and oxygen atoms in total. The maximum absolute atomic E-state index is 10.6. The molecule has 184 valence electrons. The number of aromatic amines is 1. The Bertz CT molecular complexity index is 1310. The number of H-pyrrole nitrogens is 1. The summed E-state index contributed by atoms with van der Waals surface area (Å²) in [5, 5.41) is 21.3. The first-order chi connectivity index (χ1) is 16.7. The highest BCUT2D eigenvalue weighted by Gasteiger charge is 2.38. The summed E-state index contributed by atoms with van der Waals surface area (Å²) in [6, 6.07) is 10.5. The minimum Gasteiger partial charge on any atom is -0.475 e. The van der Waals surface area contributed by atoms with Gasteiger partial charge >= 0.3 is 12.1 Å². The van der Waals surface area contributed by atoms with E-state index in [2.05, 4.69) is 37.7 Å². The zero-order chi connectivity index (χ0) is 25.0. The number of aliphatic carboxylic acids is 1. The third-order valence-corrected chi connectivity index (χ3v) is 5.85. The van der Waals surface area contributed by atoms with Crippen LogP contribution in [0.3, 0.4) is 0 Å². The third kappa shape index (κ3) is 6.37. The number of carbonyl (C=O) groups is 1. The number of carboxylic acid groups (broad SMARTS) is 1. The van der Waals surface area contributed by atoms with Crippen LogP contribution >= 0.6 is 11.6 Å². The zero-order valence-electron chi connectivity index (χ0n) is 18.4. The number of fused-ring (bicyclic) bond motifs is 3. The Labute approximate surface area is 203 Å². The van der Waals surface area contributed by atoms with Crippen molar-refractivity contribution in [2.45, 2.75) is 44.6 Å². The SMILES string of the molecule is Clc1ccc2[nH]c3c(c2c1)CC(NCc1cn(Cc2cccnc2)nn1)CC3.O=C(O)C(F)(F)F. The van der Waals surface area contributed by atoms with E-state index in [1.54, 1.807) is 6.20 Å². The molecule has 0 spiro atoms. The van der Waals surface area contributed by atoms with Gasteiger partial charge in [0.25, 0.3) is 0 Å². The summed E-state index contributed by atoms with van der Waals surface area (Å²) in [6.07, 6.45) is 3.70. The summed E-state index contributed by atoms with van der Waals surface area (Å²) in [5.74, 6) is -2.76. The van der Waals surface area contributed by atoms with Crippen LogP contribution < -0.4 is 5.32 Å².